The number of fused-ring (bicyclic) bond motifs is 1. The molecular weight excluding hydrogens is 472 g/mol. The number of carbonyl (C=O) groups excluding carboxylic acids is 3. The quantitative estimate of drug-likeness (QED) is 0.398. The summed E-state index contributed by atoms with van der Waals surface area (Å²) < 4.78 is 10.3. The lowest BCUT2D eigenvalue weighted by Gasteiger charge is -2.26. The largest absolute Gasteiger partial charge is 0.462 e. The van der Waals surface area contributed by atoms with Crippen LogP contribution < -0.4 is 5.32 Å². The van der Waals surface area contributed by atoms with E-state index >= 15 is 0 Å². The van der Waals surface area contributed by atoms with E-state index in [1.165, 1.54) is 11.3 Å². The topological polar surface area (TPSA) is 84.9 Å². The van der Waals surface area contributed by atoms with E-state index in [0.29, 0.717) is 47.5 Å². The lowest BCUT2D eigenvalue weighted by Crippen LogP contribution is -2.36. The highest BCUT2D eigenvalue weighted by Crippen LogP contribution is 2.38. The van der Waals surface area contributed by atoms with Crippen LogP contribution in [0, 0.1) is 0 Å². The minimum absolute atomic E-state index is 0.183. The summed E-state index contributed by atoms with van der Waals surface area (Å²) in [5.41, 5.74) is 1.23. The molecule has 7 nitrogen and oxygen atoms in total. The number of esters is 1. The van der Waals surface area contributed by atoms with Gasteiger partial charge in [0, 0.05) is 33.5 Å². The molecular formula is C22H25ClN2O5S2. The highest BCUT2D eigenvalue weighted by atomic mass is 35.5. The van der Waals surface area contributed by atoms with Gasteiger partial charge in [-0.05, 0) is 50.1 Å². The maximum atomic E-state index is 12.6. The molecule has 0 radical (unpaired) electrons. The summed E-state index contributed by atoms with van der Waals surface area (Å²) in [7, 11) is 0. The maximum absolute atomic E-state index is 12.6. The van der Waals surface area contributed by atoms with Crippen molar-refractivity contribution in [2.75, 3.05) is 30.8 Å². The zero-order valence-electron chi connectivity index (χ0n) is 17.9. The molecule has 172 valence electrons. The molecule has 3 rings (SSSR count). The number of thioether (sulfide) groups is 1. The van der Waals surface area contributed by atoms with Gasteiger partial charge in [-0.2, -0.15) is 0 Å². The lowest BCUT2D eigenvalue weighted by atomic mass is 10.0. The number of thiophene rings is 1. The van der Waals surface area contributed by atoms with E-state index in [-0.39, 0.29) is 25.0 Å². The highest BCUT2D eigenvalue weighted by molar-refractivity contribution is 7.99. The summed E-state index contributed by atoms with van der Waals surface area (Å²) in [5, 5.41) is 4.02. The Bertz CT molecular complexity index is 977. The van der Waals surface area contributed by atoms with Crippen molar-refractivity contribution < 1.29 is 23.9 Å². The Hall–Kier alpha value is -2.23. The standard InChI is InChI=1S/C22H25ClN2O5S2/c1-3-29-21(27)19-16-9-11-25(22(28)30-4-2)13-17(16)32-20(19)24-18(26)10-12-31-15-7-5-14(23)6-8-15/h5-8H,3-4,9-13H2,1-2H3,(H,24,26). The van der Waals surface area contributed by atoms with Gasteiger partial charge in [-0.25, -0.2) is 9.59 Å². The molecule has 0 saturated heterocycles. The number of anilines is 1. The number of carbonyl (C=O) groups is 3. The maximum Gasteiger partial charge on any atom is 0.410 e. The normalized spacial score (nSPS) is 12.8. The van der Waals surface area contributed by atoms with Gasteiger partial charge in [0.2, 0.25) is 5.91 Å². The second-order valence-corrected chi connectivity index (χ2v) is 9.61. The average Bonchev–Trinajstić information content (AvgIpc) is 3.12. The molecule has 1 aliphatic rings. The number of hydrogen-bond donors (Lipinski definition) is 1. The van der Waals surface area contributed by atoms with E-state index < -0.39 is 5.97 Å². The van der Waals surface area contributed by atoms with Gasteiger partial charge in [-0.15, -0.1) is 23.1 Å². The smallest absolute Gasteiger partial charge is 0.410 e. The Labute approximate surface area is 200 Å². The van der Waals surface area contributed by atoms with Crippen LogP contribution in [-0.4, -0.2) is 48.4 Å². The van der Waals surface area contributed by atoms with Crippen LogP contribution >= 0.6 is 34.7 Å². The summed E-state index contributed by atoms with van der Waals surface area (Å²) in [5.74, 6) is -0.0532. The molecule has 2 aromatic rings. The minimum Gasteiger partial charge on any atom is -0.462 e. The third kappa shape index (κ3) is 6.17. The number of benzene rings is 1. The third-order valence-electron chi connectivity index (χ3n) is 4.73. The second kappa shape index (κ2) is 11.6. The van der Waals surface area contributed by atoms with Crippen molar-refractivity contribution in [3.63, 3.8) is 0 Å². The highest BCUT2D eigenvalue weighted by Gasteiger charge is 2.31. The van der Waals surface area contributed by atoms with E-state index in [1.54, 1.807) is 30.5 Å². The molecule has 2 amide bonds. The fourth-order valence-electron chi connectivity index (χ4n) is 3.26. The summed E-state index contributed by atoms with van der Waals surface area (Å²) in [6.07, 6.45) is 0.405. The number of nitrogens with zero attached hydrogens (tertiary/aromatic N) is 1. The van der Waals surface area contributed by atoms with Gasteiger partial charge in [0.25, 0.3) is 0 Å². The van der Waals surface area contributed by atoms with Gasteiger partial charge < -0.3 is 19.7 Å². The monoisotopic (exact) mass is 496 g/mol. The molecule has 0 unspecified atom stereocenters. The zero-order valence-corrected chi connectivity index (χ0v) is 20.3. The molecule has 0 spiro atoms. The van der Waals surface area contributed by atoms with Crippen molar-refractivity contribution in [1.82, 2.24) is 4.90 Å². The molecule has 10 heteroatoms. The van der Waals surface area contributed by atoms with Crippen LogP contribution in [0.3, 0.4) is 0 Å². The lowest BCUT2D eigenvalue weighted by molar-refractivity contribution is -0.115. The molecule has 0 aliphatic carbocycles. The molecule has 1 aliphatic heterocycles. The summed E-state index contributed by atoms with van der Waals surface area (Å²) in [6.45, 7) is 4.83. The van der Waals surface area contributed by atoms with Crippen molar-refractivity contribution >= 4 is 57.7 Å². The number of amides is 2. The first-order valence-corrected chi connectivity index (χ1v) is 12.5. The first kappa shape index (κ1) is 24.4. The van der Waals surface area contributed by atoms with Crippen LogP contribution in [0.2, 0.25) is 5.02 Å². The molecule has 2 heterocycles. The van der Waals surface area contributed by atoms with E-state index in [2.05, 4.69) is 5.32 Å². The number of nitrogens with one attached hydrogen (secondary N) is 1. The van der Waals surface area contributed by atoms with Crippen LogP contribution in [0.4, 0.5) is 9.80 Å². The molecule has 1 aromatic heterocycles. The Morgan fingerprint density at radius 3 is 2.56 bits per heavy atom. The molecule has 0 fully saturated rings. The van der Waals surface area contributed by atoms with E-state index in [9.17, 15) is 14.4 Å². The predicted octanol–water partition coefficient (Wildman–Crippen LogP) is 5.21. The Kier molecular flexibility index (Phi) is 8.84. The van der Waals surface area contributed by atoms with Crippen molar-refractivity contribution in [1.29, 1.82) is 0 Å². The van der Waals surface area contributed by atoms with E-state index in [1.807, 2.05) is 24.3 Å². The number of halogens is 1. The fraction of sp³-hybridized carbons (Fsp3) is 0.409. The van der Waals surface area contributed by atoms with Gasteiger partial charge in [-0.1, -0.05) is 11.6 Å². The number of ether oxygens (including phenoxy) is 2. The summed E-state index contributed by atoms with van der Waals surface area (Å²) in [4.78, 5) is 40.8. The molecule has 0 bridgehead atoms. The number of rotatable bonds is 8. The number of hydrogen-bond acceptors (Lipinski definition) is 7. The first-order chi connectivity index (χ1) is 15.4. The van der Waals surface area contributed by atoms with Gasteiger partial charge >= 0.3 is 12.1 Å². The van der Waals surface area contributed by atoms with Gasteiger partial charge in [0.05, 0.1) is 25.3 Å². The van der Waals surface area contributed by atoms with Crippen LogP contribution in [0.5, 0.6) is 0 Å². The van der Waals surface area contributed by atoms with Gasteiger partial charge in [0.15, 0.2) is 0 Å². The predicted molar refractivity (Wildman–Crippen MR) is 127 cm³/mol. The fourth-order valence-corrected chi connectivity index (χ4v) is 5.51. The summed E-state index contributed by atoms with van der Waals surface area (Å²) >= 11 is 8.76. The Morgan fingerprint density at radius 1 is 1.16 bits per heavy atom. The molecule has 1 N–H and O–H groups in total. The van der Waals surface area contributed by atoms with Crippen molar-refractivity contribution in [3.05, 3.63) is 45.3 Å². The van der Waals surface area contributed by atoms with E-state index in [4.69, 9.17) is 21.1 Å². The third-order valence-corrected chi connectivity index (χ3v) is 7.12. The zero-order chi connectivity index (χ0) is 23.1. The van der Waals surface area contributed by atoms with Crippen molar-refractivity contribution in [2.24, 2.45) is 0 Å². The van der Waals surface area contributed by atoms with Crippen molar-refractivity contribution in [2.45, 2.75) is 38.1 Å². The SMILES string of the molecule is CCOC(=O)c1c(NC(=O)CCSc2ccc(Cl)cc2)sc2c1CCN(C(=O)OCC)C2. The van der Waals surface area contributed by atoms with Crippen LogP contribution in [0.15, 0.2) is 29.2 Å². The molecule has 0 atom stereocenters. The molecule has 1 aromatic carbocycles. The van der Waals surface area contributed by atoms with E-state index in [0.717, 1.165) is 15.3 Å². The molecule has 32 heavy (non-hydrogen) atoms. The Morgan fingerprint density at radius 2 is 1.88 bits per heavy atom. The first-order valence-electron chi connectivity index (χ1n) is 10.3. The van der Waals surface area contributed by atoms with Crippen LogP contribution in [-0.2, 0) is 27.2 Å². The second-order valence-electron chi connectivity index (χ2n) is 6.90. The Balaban J connectivity index is 1.69. The molecule has 0 saturated carbocycles. The van der Waals surface area contributed by atoms with Crippen LogP contribution in [0.1, 0.15) is 41.1 Å². The van der Waals surface area contributed by atoms with Crippen LogP contribution in [0.25, 0.3) is 0 Å². The summed E-state index contributed by atoms with van der Waals surface area (Å²) in [6, 6.07) is 7.44. The van der Waals surface area contributed by atoms with Gasteiger partial charge in [-0.3, -0.25) is 4.79 Å². The van der Waals surface area contributed by atoms with Gasteiger partial charge in [0.1, 0.15) is 5.00 Å². The van der Waals surface area contributed by atoms with Crippen molar-refractivity contribution in [3.8, 4) is 0 Å². The average molecular weight is 497 g/mol. The minimum atomic E-state index is -0.458.